The molecule has 0 atom stereocenters. The first-order chi connectivity index (χ1) is 11.9. The Kier molecular flexibility index (Phi) is 4.94. The summed E-state index contributed by atoms with van der Waals surface area (Å²) in [6.45, 7) is 0.163. The third-order valence-corrected chi connectivity index (χ3v) is 6.01. The summed E-state index contributed by atoms with van der Waals surface area (Å²) >= 11 is 6.01. The first-order valence-electron chi connectivity index (χ1n) is 7.48. The number of sulfonamides is 1. The minimum Gasteiger partial charge on any atom is -0.495 e. The fraction of sp³-hybridized carbons (Fsp3) is 0.250. The van der Waals surface area contributed by atoms with E-state index in [-0.39, 0.29) is 35.5 Å². The molecule has 1 saturated heterocycles. The van der Waals surface area contributed by atoms with E-state index in [2.05, 4.69) is 4.98 Å². The third-order valence-electron chi connectivity index (χ3n) is 3.87. The molecule has 25 heavy (non-hydrogen) atoms. The number of anilines is 1. The van der Waals surface area contributed by atoms with Gasteiger partial charge in [-0.25, -0.2) is 13.4 Å². The molecular weight excluding hydrogens is 366 g/mol. The summed E-state index contributed by atoms with van der Waals surface area (Å²) < 4.78 is 31.7. The molecule has 2 aromatic rings. The molecule has 132 valence electrons. The van der Waals surface area contributed by atoms with E-state index < -0.39 is 10.0 Å². The molecule has 0 unspecified atom stereocenters. The van der Waals surface area contributed by atoms with Gasteiger partial charge in [0.1, 0.15) is 11.6 Å². The highest BCUT2D eigenvalue weighted by molar-refractivity contribution is 7.89. The molecule has 1 amide bonds. The Morgan fingerprint density at radius 2 is 2.00 bits per heavy atom. The zero-order valence-electron chi connectivity index (χ0n) is 13.4. The lowest BCUT2D eigenvalue weighted by Crippen LogP contribution is -2.52. The largest absolute Gasteiger partial charge is 0.495 e. The summed E-state index contributed by atoms with van der Waals surface area (Å²) in [5.41, 5.74) is 0. The third kappa shape index (κ3) is 3.46. The molecular formula is C16H16ClN3O4S. The summed E-state index contributed by atoms with van der Waals surface area (Å²) in [6, 6.07) is 9.47. The molecule has 0 N–H and O–H groups in total. The lowest BCUT2D eigenvalue weighted by molar-refractivity contribution is -0.120. The summed E-state index contributed by atoms with van der Waals surface area (Å²) in [6.07, 6.45) is 1.59. The van der Waals surface area contributed by atoms with Gasteiger partial charge in [-0.05, 0) is 30.3 Å². The molecule has 0 bridgehead atoms. The molecule has 0 saturated carbocycles. The van der Waals surface area contributed by atoms with Gasteiger partial charge in [0.05, 0.1) is 23.6 Å². The number of carbonyl (C=O) groups excluding carboxylic acids is 1. The van der Waals surface area contributed by atoms with Gasteiger partial charge in [0.2, 0.25) is 15.9 Å². The second kappa shape index (κ2) is 6.99. The van der Waals surface area contributed by atoms with E-state index in [4.69, 9.17) is 16.3 Å². The Morgan fingerprint density at radius 3 is 2.60 bits per heavy atom. The molecule has 1 aromatic carbocycles. The maximum absolute atomic E-state index is 12.8. The van der Waals surface area contributed by atoms with E-state index in [1.165, 1.54) is 30.2 Å². The quantitative estimate of drug-likeness (QED) is 0.806. The number of benzene rings is 1. The van der Waals surface area contributed by atoms with Crippen molar-refractivity contribution in [3.05, 3.63) is 47.6 Å². The number of hydrogen-bond acceptors (Lipinski definition) is 5. The number of nitrogens with zero attached hydrogens (tertiary/aromatic N) is 3. The highest BCUT2D eigenvalue weighted by Gasteiger charge is 2.34. The van der Waals surface area contributed by atoms with Crippen molar-refractivity contribution >= 4 is 33.3 Å². The molecule has 1 aliphatic heterocycles. The summed E-state index contributed by atoms with van der Waals surface area (Å²) in [7, 11) is -2.37. The van der Waals surface area contributed by atoms with Crippen molar-refractivity contribution < 1.29 is 17.9 Å². The lowest BCUT2D eigenvalue weighted by atomic mass is 10.3. The van der Waals surface area contributed by atoms with Crippen LogP contribution in [0.15, 0.2) is 47.5 Å². The van der Waals surface area contributed by atoms with Crippen LogP contribution in [0.3, 0.4) is 0 Å². The number of ether oxygens (including phenoxy) is 1. The summed E-state index contributed by atoms with van der Waals surface area (Å²) in [5.74, 6) is 0.571. The second-order valence-electron chi connectivity index (χ2n) is 5.37. The fourth-order valence-electron chi connectivity index (χ4n) is 2.57. The van der Waals surface area contributed by atoms with Crippen LogP contribution in [0.5, 0.6) is 5.75 Å². The maximum Gasteiger partial charge on any atom is 0.243 e. The smallest absolute Gasteiger partial charge is 0.243 e. The number of rotatable bonds is 4. The molecule has 1 aromatic heterocycles. The monoisotopic (exact) mass is 381 g/mol. The average molecular weight is 382 g/mol. The van der Waals surface area contributed by atoms with Crippen LogP contribution in [0.2, 0.25) is 5.02 Å². The van der Waals surface area contributed by atoms with Crippen LogP contribution < -0.4 is 9.64 Å². The molecule has 9 heteroatoms. The Balaban J connectivity index is 1.81. The van der Waals surface area contributed by atoms with Gasteiger partial charge < -0.3 is 4.74 Å². The molecule has 1 aliphatic rings. The van der Waals surface area contributed by atoms with Crippen LogP contribution in [0.4, 0.5) is 5.82 Å². The molecule has 1 fully saturated rings. The van der Waals surface area contributed by atoms with Crippen molar-refractivity contribution in [3.63, 3.8) is 0 Å². The molecule has 0 spiro atoms. The number of amides is 1. The first kappa shape index (κ1) is 17.7. The van der Waals surface area contributed by atoms with Gasteiger partial charge in [0.25, 0.3) is 0 Å². The average Bonchev–Trinajstić information content (AvgIpc) is 2.62. The lowest BCUT2D eigenvalue weighted by Gasteiger charge is -2.33. The predicted octanol–water partition coefficient (Wildman–Crippen LogP) is 1.78. The molecule has 3 rings (SSSR count). The number of pyridine rings is 1. The van der Waals surface area contributed by atoms with Gasteiger partial charge in [-0.15, -0.1) is 0 Å². The maximum atomic E-state index is 12.8. The molecule has 7 nitrogen and oxygen atoms in total. The van der Waals surface area contributed by atoms with Gasteiger partial charge in [-0.3, -0.25) is 9.69 Å². The van der Waals surface area contributed by atoms with Crippen LogP contribution in [-0.2, 0) is 14.8 Å². The van der Waals surface area contributed by atoms with E-state index >= 15 is 0 Å². The van der Waals surface area contributed by atoms with E-state index in [0.29, 0.717) is 11.6 Å². The van der Waals surface area contributed by atoms with E-state index in [1.54, 1.807) is 24.4 Å². The minimum absolute atomic E-state index is 0.0254. The number of piperazine rings is 1. The van der Waals surface area contributed by atoms with Gasteiger partial charge in [0, 0.05) is 19.3 Å². The number of hydrogen-bond donors (Lipinski definition) is 0. The second-order valence-corrected chi connectivity index (χ2v) is 7.71. The van der Waals surface area contributed by atoms with Gasteiger partial charge >= 0.3 is 0 Å². The summed E-state index contributed by atoms with van der Waals surface area (Å²) in [5, 5.41) is 0.196. The van der Waals surface area contributed by atoms with Crippen LogP contribution in [0.25, 0.3) is 0 Å². The zero-order valence-corrected chi connectivity index (χ0v) is 15.0. The number of carbonyl (C=O) groups is 1. The van der Waals surface area contributed by atoms with Crippen molar-refractivity contribution in [3.8, 4) is 5.75 Å². The Bertz CT molecular complexity index is 890. The molecule has 2 heterocycles. The number of aromatic nitrogens is 1. The summed E-state index contributed by atoms with van der Waals surface area (Å²) in [4.78, 5) is 18.0. The SMILES string of the molecule is COc1ccc(S(=O)(=O)N2CCN(c3ccccn3)C(=O)C2)cc1Cl. The highest BCUT2D eigenvalue weighted by atomic mass is 35.5. The van der Waals surface area contributed by atoms with Crippen molar-refractivity contribution in [1.29, 1.82) is 0 Å². The van der Waals surface area contributed by atoms with Crippen molar-refractivity contribution in [2.24, 2.45) is 0 Å². The highest BCUT2D eigenvalue weighted by Crippen LogP contribution is 2.29. The van der Waals surface area contributed by atoms with Crippen LogP contribution in [-0.4, -0.2) is 50.4 Å². The molecule has 0 radical (unpaired) electrons. The van der Waals surface area contributed by atoms with E-state index in [0.717, 1.165) is 4.31 Å². The van der Waals surface area contributed by atoms with Crippen LogP contribution in [0, 0.1) is 0 Å². The van der Waals surface area contributed by atoms with Crippen LogP contribution in [0.1, 0.15) is 0 Å². The van der Waals surface area contributed by atoms with Crippen LogP contribution >= 0.6 is 11.6 Å². The Hall–Kier alpha value is -2.16. The Morgan fingerprint density at radius 1 is 1.20 bits per heavy atom. The minimum atomic E-state index is -3.82. The van der Waals surface area contributed by atoms with Crippen molar-refractivity contribution in [2.75, 3.05) is 31.6 Å². The predicted molar refractivity (Wildman–Crippen MR) is 93.4 cm³/mol. The first-order valence-corrected chi connectivity index (χ1v) is 9.30. The topological polar surface area (TPSA) is 79.8 Å². The number of halogens is 1. The Labute approximate surface area is 150 Å². The van der Waals surface area contributed by atoms with Gasteiger partial charge in [0.15, 0.2) is 0 Å². The van der Waals surface area contributed by atoms with Crippen molar-refractivity contribution in [1.82, 2.24) is 9.29 Å². The van der Waals surface area contributed by atoms with Gasteiger partial charge in [-0.1, -0.05) is 17.7 Å². The van der Waals surface area contributed by atoms with E-state index in [1.807, 2.05) is 0 Å². The van der Waals surface area contributed by atoms with Crippen molar-refractivity contribution in [2.45, 2.75) is 4.90 Å². The normalized spacial score (nSPS) is 16.1. The fourth-order valence-corrected chi connectivity index (χ4v) is 4.30. The van der Waals surface area contributed by atoms with Gasteiger partial charge in [-0.2, -0.15) is 4.31 Å². The van der Waals surface area contributed by atoms with E-state index in [9.17, 15) is 13.2 Å². The standard InChI is InChI=1S/C16H16ClN3O4S/c1-24-14-6-5-12(10-13(14)17)25(22,23)19-8-9-20(16(21)11-19)15-4-2-3-7-18-15/h2-7,10H,8-9,11H2,1H3. The number of methoxy groups -OCH3 is 1. The molecule has 0 aliphatic carbocycles. The zero-order chi connectivity index (χ0) is 18.0.